The summed E-state index contributed by atoms with van der Waals surface area (Å²) >= 11 is 5.37. The molecule has 5 nitrogen and oxygen atoms in total. The predicted molar refractivity (Wildman–Crippen MR) is 91.3 cm³/mol. The lowest BCUT2D eigenvalue weighted by molar-refractivity contribution is -0.384. The van der Waals surface area contributed by atoms with Crippen molar-refractivity contribution in [2.75, 3.05) is 7.05 Å². The third-order valence-electron chi connectivity index (χ3n) is 3.76. The molecule has 2 rings (SSSR count). The standard InChI is InChI=1S/C16H20N2O3S/c1-4-5-8-16(2)10-13(15(22)17-3)12-9-11(18(19)20)6-7-14(12)21-16/h6-7,9-10H,4-5,8H2,1-3H3,(H,17,22). The second kappa shape index (κ2) is 6.44. The number of nitro groups is 1. The van der Waals surface area contributed by atoms with E-state index in [-0.39, 0.29) is 5.69 Å². The van der Waals surface area contributed by atoms with E-state index < -0.39 is 10.5 Å². The first-order valence-electron chi connectivity index (χ1n) is 7.33. The van der Waals surface area contributed by atoms with Crippen molar-refractivity contribution in [3.05, 3.63) is 40.0 Å². The van der Waals surface area contributed by atoms with Crippen molar-refractivity contribution in [1.29, 1.82) is 0 Å². The van der Waals surface area contributed by atoms with Gasteiger partial charge >= 0.3 is 0 Å². The zero-order valence-electron chi connectivity index (χ0n) is 13.0. The van der Waals surface area contributed by atoms with E-state index in [2.05, 4.69) is 12.2 Å². The minimum Gasteiger partial charge on any atom is -0.483 e. The van der Waals surface area contributed by atoms with Crippen LogP contribution < -0.4 is 10.1 Å². The summed E-state index contributed by atoms with van der Waals surface area (Å²) in [5.41, 5.74) is 1.04. The highest BCUT2D eigenvalue weighted by molar-refractivity contribution is 7.81. The van der Waals surface area contributed by atoms with Crippen molar-refractivity contribution < 1.29 is 9.66 Å². The molecule has 0 saturated carbocycles. The van der Waals surface area contributed by atoms with Gasteiger partial charge < -0.3 is 10.1 Å². The van der Waals surface area contributed by atoms with Crippen LogP contribution in [0.4, 0.5) is 5.69 Å². The Bertz CT molecular complexity index is 642. The van der Waals surface area contributed by atoms with Crippen LogP contribution in [0.25, 0.3) is 5.57 Å². The van der Waals surface area contributed by atoms with Crippen molar-refractivity contribution >= 4 is 28.5 Å². The molecule has 22 heavy (non-hydrogen) atoms. The zero-order valence-corrected chi connectivity index (χ0v) is 13.8. The molecule has 0 aromatic heterocycles. The summed E-state index contributed by atoms with van der Waals surface area (Å²) in [5, 5.41) is 14.0. The van der Waals surface area contributed by atoms with E-state index in [0.29, 0.717) is 16.3 Å². The molecule has 0 radical (unpaired) electrons. The quantitative estimate of drug-likeness (QED) is 0.507. The molecule has 0 aliphatic carbocycles. The number of benzene rings is 1. The van der Waals surface area contributed by atoms with Gasteiger partial charge in [-0.15, -0.1) is 0 Å². The maximum absolute atomic E-state index is 11.0. The molecular weight excluding hydrogens is 300 g/mol. The Kier molecular flexibility index (Phi) is 4.81. The minimum atomic E-state index is -0.449. The van der Waals surface area contributed by atoms with E-state index in [1.54, 1.807) is 13.1 Å². The summed E-state index contributed by atoms with van der Waals surface area (Å²) in [6.45, 7) is 4.15. The molecule has 0 bridgehead atoms. The first-order chi connectivity index (χ1) is 10.4. The molecule has 0 fully saturated rings. The van der Waals surface area contributed by atoms with Gasteiger partial charge in [0.1, 0.15) is 16.3 Å². The van der Waals surface area contributed by atoms with Gasteiger partial charge in [0.25, 0.3) is 5.69 Å². The van der Waals surface area contributed by atoms with Crippen LogP contribution in [-0.2, 0) is 0 Å². The van der Waals surface area contributed by atoms with Gasteiger partial charge in [0.2, 0.25) is 0 Å². The molecular formula is C16H20N2O3S. The molecule has 1 N–H and O–H groups in total. The molecule has 1 atom stereocenters. The molecule has 6 heteroatoms. The van der Waals surface area contributed by atoms with Crippen molar-refractivity contribution in [3.63, 3.8) is 0 Å². The van der Waals surface area contributed by atoms with Crippen LogP contribution in [0.15, 0.2) is 24.3 Å². The van der Waals surface area contributed by atoms with Crippen LogP contribution in [0.1, 0.15) is 38.7 Å². The second-order valence-corrected chi connectivity index (χ2v) is 6.00. The zero-order chi connectivity index (χ0) is 16.3. The van der Waals surface area contributed by atoms with Crippen molar-refractivity contribution in [3.8, 4) is 5.75 Å². The maximum atomic E-state index is 11.0. The number of nitrogens with one attached hydrogen (secondary N) is 1. The van der Waals surface area contributed by atoms with Gasteiger partial charge in [0.15, 0.2) is 0 Å². The lowest BCUT2D eigenvalue weighted by Crippen LogP contribution is -2.35. The van der Waals surface area contributed by atoms with E-state index in [4.69, 9.17) is 17.0 Å². The van der Waals surface area contributed by atoms with Crippen LogP contribution in [0, 0.1) is 10.1 Å². The largest absolute Gasteiger partial charge is 0.483 e. The number of nitro benzene ring substituents is 1. The average Bonchev–Trinajstić information content (AvgIpc) is 2.50. The van der Waals surface area contributed by atoms with Gasteiger partial charge in [-0.1, -0.05) is 25.6 Å². The fourth-order valence-electron chi connectivity index (χ4n) is 2.57. The van der Waals surface area contributed by atoms with Crippen LogP contribution >= 0.6 is 12.2 Å². The number of hydrogen-bond donors (Lipinski definition) is 1. The molecule has 1 aromatic carbocycles. The summed E-state index contributed by atoms with van der Waals surface area (Å²) in [4.78, 5) is 11.1. The van der Waals surface area contributed by atoms with Crippen LogP contribution in [0.3, 0.4) is 0 Å². The van der Waals surface area contributed by atoms with E-state index >= 15 is 0 Å². The highest BCUT2D eigenvalue weighted by atomic mass is 32.1. The van der Waals surface area contributed by atoms with E-state index in [9.17, 15) is 10.1 Å². The molecule has 1 aromatic rings. The highest BCUT2D eigenvalue weighted by Crippen LogP contribution is 2.40. The van der Waals surface area contributed by atoms with Crippen molar-refractivity contribution in [2.45, 2.75) is 38.7 Å². The van der Waals surface area contributed by atoms with Crippen molar-refractivity contribution in [1.82, 2.24) is 5.32 Å². The fraction of sp³-hybridized carbons (Fsp3) is 0.438. The summed E-state index contributed by atoms with van der Waals surface area (Å²) < 4.78 is 6.09. The second-order valence-electron chi connectivity index (χ2n) is 5.59. The Morgan fingerprint density at radius 2 is 2.23 bits per heavy atom. The minimum absolute atomic E-state index is 0.0318. The van der Waals surface area contributed by atoms with Crippen LogP contribution in [0.2, 0.25) is 0 Å². The Morgan fingerprint density at radius 1 is 1.50 bits per heavy atom. The normalized spacial score (nSPS) is 19.7. The number of thiocarbonyl (C=S) groups is 1. The molecule has 1 heterocycles. The van der Waals surface area contributed by atoms with Crippen molar-refractivity contribution in [2.24, 2.45) is 0 Å². The molecule has 0 saturated heterocycles. The number of ether oxygens (including phenoxy) is 1. The van der Waals surface area contributed by atoms with E-state index in [1.165, 1.54) is 12.1 Å². The maximum Gasteiger partial charge on any atom is 0.270 e. The van der Waals surface area contributed by atoms with Crippen LogP contribution in [-0.4, -0.2) is 22.6 Å². The van der Waals surface area contributed by atoms with Gasteiger partial charge in [-0.2, -0.15) is 0 Å². The number of non-ortho nitro benzene ring substituents is 1. The first-order valence-corrected chi connectivity index (χ1v) is 7.74. The highest BCUT2D eigenvalue weighted by Gasteiger charge is 2.32. The Hall–Kier alpha value is -1.95. The number of rotatable bonds is 5. The summed E-state index contributed by atoms with van der Waals surface area (Å²) in [6, 6.07) is 4.64. The van der Waals surface area contributed by atoms with E-state index in [1.807, 2.05) is 13.0 Å². The van der Waals surface area contributed by atoms with Crippen LogP contribution in [0.5, 0.6) is 5.75 Å². The molecule has 1 aliphatic rings. The summed E-state index contributed by atoms with van der Waals surface area (Å²) in [6.07, 6.45) is 4.96. The molecule has 1 aliphatic heterocycles. The van der Waals surface area contributed by atoms with Gasteiger partial charge in [0, 0.05) is 30.3 Å². The number of nitrogens with zero attached hydrogens (tertiary/aromatic N) is 1. The fourth-order valence-corrected chi connectivity index (χ4v) is 2.74. The molecule has 118 valence electrons. The number of unbranched alkanes of at least 4 members (excludes halogenated alkanes) is 1. The Balaban J connectivity index is 2.51. The topological polar surface area (TPSA) is 64.4 Å². The monoisotopic (exact) mass is 320 g/mol. The van der Waals surface area contributed by atoms with Gasteiger partial charge in [-0.3, -0.25) is 10.1 Å². The average molecular weight is 320 g/mol. The van der Waals surface area contributed by atoms with Gasteiger partial charge in [-0.05, 0) is 31.9 Å². The molecule has 0 amide bonds. The third kappa shape index (κ3) is 3.27. The summed E-state index contributed by atoms with van der Waals surface area (Å²) in [7, 11) is 1.75. The molecule has 1 unspecified atom stereocenters. The van der Waals surface area contributed by atoms with Gasteiger partial charge in [0.05, 0.1) is 4.92 Å². The Morgan fingerprint density at radius 3 is 2.82 bits per heavy atom. The third-order valence-corrected chi connectivity index (χ3v) is 4.18. The van der Waals surface area contributed by atoms with Gasteiger partial charge in [-0.25, -0.2) is 0 Å². The first kappa shape index (κ1) is 16.4. The lowest BCUT2D eigenvalue weighted by atomic mass is 9.89. The number of likely N-dealkylation sites (N-methyl/N-ethyl adjacent to an activating group) is 1. The van der Waals surface area contributed by atoms with E-state index in [0.717, 1.165) is 24.8 Å². The molecule has 0 spiro atoms. The number of fused-ring (bicyclic) bond motifs is 1. The smallest absolute Gasteiger partial charge is 0.270 e. The summed E-state index contributed by atoms with van der Waals surface area (Å²) in [5.74, 6) is 0.638. The lowest BCUT2D eigenvalue weighted by Gasteiger charge is -2.34. The predicted octanol–water partition coefficient (Wildman–Crippen LogP) is 3.87. The number of hydrogen-bond acceptors (Lipinski definition) is 4. The Labute approximate surface area is 135 Å². The SMILES string of the molecule is CCCCC1(C)C=C(C(=S)NC)c2cc([N+](=O)[O-])ccc2O1.